The van der Waals surface area contributed by atoms with Gasteiger partial charge in [0.25, 0.3) is 0 Å². The summed E-state index contributed by atoms with van der Waals surface area (Å²) in [6.45, 7) is 18.5. The molecule has 10 heteroatoms. The van der Waals surface area contributed by atoms with Gasteiger partial charge in [-0.3, -0.25) is 4.90 Å². The van der Waals surface area contributed by atoms with Crippen molar-refractivity contribution in [2.24, 2.45) is 5.41 Å². The van der Waals surface area contributed by atoms with Crippen LogP contribution < -0.4 is 5.73 Å². The van der Waals surface area contributed by atoms with E-state index < -0.39 is 5.60 Å². The minimum atomic E-state index is -0.457. The number of carbonyl (C=O) groups excluding carboxylic acids is 1. The number of hydrogen-bond donors (Lipinski definition) is 1. The van der Waals surface area contributed by atoms with Gasteiger partial charge in [0, 0.05) is 37.0 Å². The van der Waals surface area contributed by atoms with Crippen LogP contribution in [0, 0.1) is 12.3 Å². The summed E-state index contributed by atoms with van der Waals surface area (Å²) in [7, 11) is 0. The number of anilines is 1. The maximum Gasteiger partial charge on any atom is 0.410 e. The summed E-state index contributed by atoms with van der Waals surface area (Å²) < 4.78 is 9.92. The molecule has 10 nitrogen and oxygen atoms in total. The molecule has 1 atom stereocenters. The van der Waals surface area contributed by atoms with Gasteiger partial charge in [-0.25, -0.2) is 19.4 Å². The van der Waals surface area contributed by atoms with Crippen molar-refractivity contribution in [3.63, 3.8) is 0 Å². The molecule has 2 fully saturated rings. The molecule has 2 N–H and O–H groups in total. The van der Waals surface area contributed by atoms with E-state index in [0.29, 0.717) is 11.2 Å². The molecule has 4 aromatic heterocycles. The minimum absolute atomic E-state index is 0.0243. The van der Waals surface area contributed by atoms with Crippen molar-refractivity contribution in [3.8, 4) is 0 Å². The molecule has 2 aliphatic rings. The van der Waals surface area contributed by atoms with Crippen molar-refractivity contribution in [1.82, 2.24) is 33.9 Å². The van der Waals surface area contributed by atoms with Crippen molar-refractivity contribution in [3.05, 3.63) is 53.7 Å². The van der Waals surface area contributed by atoms with Gasteiger partial charge in [-0.05, 0) is 103 Å². The summed E-state index contributed by atoms with van der Waals surface area (Å²) >= 11 is 0. The summed E-state index contributed by atoms with van der Waals surface area (Å²) in [5.41, 5.74) is 11.4. The largest absolute Gasteiger partial charge is 0.444 e. The Balaban J connectivity index is 0.00000180. The number of amides is 1. The average molecular weight is 589 g/mol. The number of hydrogen-bond acceptors (Lipinski definition) is 7. The number of likely N-dealkylation sites (tertiary alicyclic amines) is 2. The number of fused-ring (bicyclic) bond motifs is 2. The van der Waals surface area contributed by atoms with E-state index in [1.165, 1.54) is 23.1 Å². The average Bonchev–Trinajstić information content (AvgIpc) is 3.53. The number of rotatable bonds is 4. The van der Waals surface area contributed by atoms with Crippen LogP contribution >= 0.6 is 0 Å². The molecular formula is C33H48N8O2. The summed E-state index contributed by atoms with van der Waals surface area (Å²) in [6.07, 6.45) is 7.90. The van der Waals surface area contributed by atoms with E-state index in [1.54, 1.807) is 0 Å². The van der Waals surface area contributed by atoms with Gasteiger partial charge in [-0.2, -0.15) is 5.10 Å². The van der Waals surface area contributed by atoms with E-state index >= 15 is 0 Å². The van der Waals surface area contributed by atoms with E-state index in [-0.39, 0.29) is 12.1 Å². The first kappa shape index (κ1) is 30.8. The van der Waals surface area contributed by atoms with E-state index in [4.69, 9.17) is 15.6 Å². The third-order valence-corrected chi connectivity index (χ3v) is 9.09. The third kappa shape index (κ3) is 6.20. The van der Waals surface area contributed by atoms with Crippen molar-refractivity contribution >= 4 is 28.5 Å². The molecule has 0 radical (unpaired) electrons. The second-order valence-corrected chi connectivity index (χ2v) is 12.9. The highest BCUT2D eigenvalue weighted by atomic mass is 16.6. The van der Waals surface area contributed by atoms with Gasteiger partial charge < -0.3 is 19.8 Å². The van der Waals surface area contributed by atoms with Crippen LogP contribution in [-0.4, -0.2) is 71.8 Å². The smallest absolute Gasteiger partial charge is 0.410 e. The molecule has 0 bridgehead atoms. The molecule has 232 valence electrons. The maximum absolute atomic E-state index is 12.6. The van der Waals surface area contributed by atoms with Crippen molar-refractivity contribution < 1.29 is 9.53 Å². The normalized spacial score (nSPS) is 18.1. The molecule has 1 amide bonds. The summed E-state index contributed by atoms with van der Waals surface area (Å²) in [5, 5.41) is 5.68. The number of pyridine rings is 1. The predicted octanol–water partition coefficient (Wildman–Crippen LogP) is 6.22. The van der Waals surface area contributed by atoms with Crippen LogP contribution in [0.3, 0.4) is 0 Å². The SMILES string of the molecule is CC.Cc1nn(C(C)c2cc3ccccn3c2CN2CCC3(CC2)CCN(C(=O)OC(C)(C)C)CC3)c2ncnc(N)c12. The van der Waals surface area contributed by atoms with Crippen LogP contribution in [0.2, 0.25) is 0 Å². The van der Waals surface area contributed by atoms with E-state index in [1.807, 2.05) is 51.1 Å². The lowest BCUT2D eigenvalue weighted by atomic mass is 9.71. The summed E-state index contributed by atoms with van der Waals surface area (Å²) in [4.78, 5) is 25.8. The predicted molar refractivity (Wildman–Crippen MR) is 171 cm³/mol. The standard InChI is InChI=1S/C31H42N8O2.C2H6/c1-21-26-27(32)33-20-34-28(26)39(35-21)22(2)24-18-23-8-6-7-13-38(23)25(24)19-36-14-9-31(10-15-36)11-16-37(17-12-31)29(40)41-30(3,4)5;1-2/h6-8,13,18,20,22H,9-12,14-17,19H2,1-5H3,(H2,32,33,34);1-2H3. The molecule has 0 aliphatic carbocycles. The fraction of sp³-hybridized carbons (Fsp3) is 0.576. The summed E-state index contributed by atoms with van der Waals surface area (Å²) in [5.74, 6) is 0.465. The van der Waals surface area contributed by atoms with Gasteiger partial charge >= 0.3 is 6.09 Å². The van der Waals surface area contributed by atoms with Crippen LogP contribution in [-0.2, 0) is 11.3 Å². The number of nitrogens with two attached hydrogens (primary N) is 1. The highest BCUT2D eigenvalue weighted by molar-refractivity contribution is 5.88. The Kier molecular flexibility index (Phi) is 8.70. The number of piperidine rings is 2. The quantitative estimate of drug-likeness (QED) is 0.302. The zero-order chi connectivity index (χ0) is 30.9. The first-order chi connectivity index (χ1) is 20.5. The second-order valence-electron chi connectivity index (χ2n) is 12.9. The van der Waals surface area contributed by atoms with Crippen LogP contribution in [0.15, 0.2) is 36.8 Å². The van der Waals surface area contributed by atoms with Gasteiger partial charge in [0.15, 0.2) is 5.65 Å². The van der Waals surface area contributed by atoms with E-state index in [0.717, 1.165) is 75.1 Å². The molecule has 4 aromatic rings. The number of nitrogen functional groups attached to an aromatic ring is 1. The van der Waals surface area contributed by atoms with E-state index in [9.17, 15) is 4.79 Å². The van der Waals surface area contributed by atoms with Gasteiger partial charge in [-0.15, -0.1) is 0 Å². The Morgan fingerprint density at radius 1 is 1.07 bits per heavy atom. The van der Waals surface area contributed by atoms with Crippen LogP contribution in [0.4, 0.5) is 10.6 Å². The highest BCUT2D eigenvalue weighted by Gasteiger charge is 2.39. The van der Waals surface area contributed by atoms with Gasteiger partial charge in [-0.1, -0.05) is 19.9 Å². The monoisotopic (exact) mass is 588 g/mol. The lowest BCUT2D eigenvalue weighted by Gasteiger charge is -2.47. The number of aryl methyl sites for hydroxylation is 1. The zero-order valence-electron chi connectivity index (χ0n) is 26.9. The third-order valence-electron chi connectivity index (χ3n) is 9.09. The van der Waals surface area contributed by atoms with Crippen molar-refractivity contribution in [1.29, 1.82) is 0 Å². The van der Waals surface area contributed by atoms with Crippen molar-refractivity contribution in [2.45, 2.75) is 92.3 Å². The molecular weight excluding hydrogens is 540 g/mol. The number of carbonyl (C=O) groups is 1. The Morgan fingerprint density at radius 3 is 2.42 bits per heavy atom. The van der Waals surface area contributed by atoms with E-state index in [2.05, 4.69) is 56.7 Å². The van der Waals surface area contributed by atoms with Gasteiger partial charge in [0.05, 0.1) is 17.1 Å². The van der Waals surface area contributed by atoms with Gasteiger partial charge in [0.2, 0.25) is 0 Å². The Morgan fingerprint density at radius 2 is 1.74 bits per heavy atom. The molecule has 43 heavy (non-hydrogen) atoms. The Labute approximate surface area is 255 Å². The minimum Gasteiger partial charge on any atom is -0.444 e. The molecule has 2 saturated heterocycles. The number of aromatic nitrogens is 5. The molecule has 1 spiro atoms. The van der Waals surface area contributed by atoms with Crippen molar-refractivity contribution in [2.75, 3.05) is 31.9 Å². The summed E-state index contributed by atoms with van der Waals surface area (Å²) in [6, 6.07) is 8.60. The Hall–Kier alpha value is -3.66. The fourth-order valence-electron chi connectivity index (χ4n) is 6.69. The lowest BCUT2D eigenvalue weighted by Crippen LogP contribution is -2.49. The molecule has 6 heterocycles. The topological polar surface area (TPSA) is 107 Å². The number of ether oxygens (including phenoxy) is 1. The molecule has 1 unspecified atom stereocenters. The lowest BCUT2D eigenvalue weighted by molar-refractivity contribution is -0.00326. The highest BCUT2D eigenvalue weighted by Crippen LogP contribution is 2.42. The van der Waals surface area contributed by atoms with Gasteiger partial charge in [0.1, 0.15) is 17.7 Å². The molecule has 0 aromatic carbocycles. The molecule has 6 rings (SSSR count). The molecule has 2 aliphatic heterocycles. The van der Waals surface area contributed by atoms with Crippen LogP contribution in [0.5, 0.6) is 0 Å². The fourth-order valence-corrected chi connectivity index (χ4v) is 6.69. The molecule has 0 saturated carbocycles. The second kappa shape index (κ2) is 12.1. The van der Waals surface area contributed by atoms with Crippen LogP contribution in [0.25, 0.3) is 16.6 Å². The van der Waals surface area contributed by atoms with Crippen LogP contribution in [0.1, 0.15) is 90.2 Å². The first-order valence-corrected chi connectivity index (χ1v) is 15.8. The Bertz CT molecular complexity index is 1570. The maximum atomic E-state index is 12.6. The zero-order valence-corrected chi connectivity index (χ0v) is 26.9. The number of nitrogens with zero attached hydrogens (tertiary/aromatic N) is 7. The first-order valence-electron chi connectivity index (χ1n) is 15.8.